The molecule has 0 unspecified atom stereocenters. The van der Waals surface area contributed by atoms with Crippen LogP contribution < -0.4 is 4.74 Å². The largest absolute Gasteiger partial charge is 0.494 e. The van der Waals surface area contributed by atoms with E-state index in [-0.39, 0.29) is 0 Å². The van der Waals surface area contributed by atoms with Crippen LogP contribution in [0.5, 0.6) is 5.75 Å². The molecule has 0 aliphatic rings. The van der Waals surface area contributed by atoms with E-state index in [1.807, 2.05) is 0 Å². The summed E-state index contributed by atoms with van der Waals surface area (Å²) in [7, 11) is 2.78. The summed E-state index contributed by atoms with van der Waals surface area (Å²) >= 11 is 5.86. The van der Waals surface area contributed by atoms with Crippen LogP contribution in [0.2, 0.25) is 5.15 Å². The minimum absolute atomic E-state index is 0.308. The molecule has 2 rings (SSSR count). The molecule has 2 aromatic rings. The lowest BCUT2D eigenvalue weighted by Crippen LogP contribution is -2.07. The van der Waals surface area contributed by atoms with Gasteiger partial charge >= 0.3 is 5.97 Å². The molecular formula is C13H11ClN2O3. The number of esters is 1. The summed E-state index contributed by atoms with van der Waals surface area (Å²) in [6, 6.07) is 3.37. The van der Waals surface area contributed by atoms with Crippen LogP contribution >= 0.6 is 11.6 Å². The Balaban J connectivity index is 2.66. The van der Waals surface area contributed by atoms with E-state index in [1.165, 1.54) is 20.4 Å². The summed E-state index contributed by atoms with van der Waals surface area (Å²) in [5.74, 6) is -0.153. The lowest BCUT2D eigenvalue weighted by molar-refractivity contribution is 0.0598. The summed E-state index contributed by atoms with van der Waals surface area (Å²) in [6.45, 7) is 0. The highest BCUT2D eigenvalue weighted by Crippen LogP contribution is 2.30. The van der Waals surface area contributed by atoms with Gasteiger partial charge in [-0.2, -0.15) is 0 Å². The minimum Gasteiger partial charge on any atom is -0.494 e. The molecule has 0 saturated heterocycles. The molecule has 0 N–H and O–H groups in total. The molecule has 0 aliphatic heterocycles. The van der Waals surface area contributed by atoms with Gasteiger partial charge in [0, 0.05) is 18.0 Å². The van der Waals surface area contributed by atoms with Gasteiger partial charge in [-0.3, -0.25) is 4.98 Å². The molecule has 2 heterocycles. The van der Waals surface area contributed by atoms with E-state index in [0.717, 1.165) is 0 Å². The second-order valence-electron chi connectivity index (χ2n) is 3.62. The number of aromatic nitrogens is 2. The first-order valence-electron chi connectivity index (χ1n) is 5.39. The number of pyridine rings is 2. The van der Waals surface area contributed by atoms with E-state index < -0.39 is 5.97 Å². The SMILES string of the molecule is COC(=O)c1c(OC)cncc1-c1ccnc(Cl)c1. The molecule has 0 amide bonds. The Kier molecular flexibility index (Phi) is 3.97. The summed E-state index contributed by atoms with van der Waals surface area (Å²) in [5, 5.41) is 0.330. The molecule has 0 radical (unpaired) electrons. The van der Waals surface area contributed by atoms with Crippen molar-refractivity contribution in [2.24, 2.45) is 0 Å². The van der Waals surface area contributed by atoms with Gasteiger partial charge in [-0.15, -0.1) is 0 Å². The molecule has 2 aromatic heterocycles. The second-order valence-corrected chi connectivity index (χ2v) is 4.01. The molecule has 19 heavy (non-hydrogen) atoms. The molecule has 0 fully saturated rings. The number of ether oxygens (including phenoxy) is 2. The Morgan fingerprint density at radius 2 is 2.11 bits per heavy atom. The average Bonchev–Trinajstić information content (AvgIpc) is 2.45. The maximum atomic E-state index is 11.9. The molecule has 98 valence electrons. The average molecular weight is 279 g/mol. The predicted molar refractivity (Wildman–Crippen MR) is 70.4 cm³/mol. The van der Waals surface area contributed by atoms with Crippen LogP contribution in [0.1, 0.15) is 10.4 Å². The molecule has 0 aliphatic carbocycles. The van der Waals surface area contributed by atoms with Gasteiger partial charge in [0.05, 0.1) is 20.4 Å². The van der Waals surface area contributed by atoms with Crippen molar-refractivity contribution in [1.29, 1.82) is 0 Å². The normalized spacial score (nSPS) is 10.1. The first-order chi connectivity index (χ1) is 9.17. The third kappa shape index (κ3) is 2.66. The number of hydrogen-bond acceptors (Lipinski definition) is 5. The van der Waals surface area contributed by atoms with E-state index in [0.29, 0.717) is 27.6 Å². The summed E-state index contributed by atoms with van der Waals surface area (Å²) < 4.78 is 9.92. The van der Waals surface area contributed by atoms with Gasteiger partial charge in [0.25, 0.3) is 0 Å². The molecular weight excluding hydrogens is 268 g/mol. The molecule has 0 aromatic carbocycles. The Labute approximate surface area is 115 Å². The molecule has 0 saturated carbocycles. The number of rotatable bonds is 3. The van der Waals surface area contributed by atoms with Gasteiger partial charge in [0.2, 0.25) is 0 Å². The van der Waals surface area contributed by atoms with Crippen molar-refractivity contribution in [2.75, 3.05) is 14.2 Å². The minimum atomic E-state index is -0.498. The standard InChI is InChI=1S/C13H11ClN2O3/c1-18-10-7-15-6-9(12(10)13(17)19-2)8-3-4-16-11(14)5-8/h3-7H,1-2H3. The zero-order chi connectivity index (χ0) is 13.8. The lowest BCUT2D eigenvalue weighted by atomic mass is 10.0. The van der Waals surface area contributed by atoms with E-state index in [1.54, 1.807) is 24.5 Å². The molecule has 0 spiro atoms. The van der Waals surface area contributed by atoms with E-state index in [9.17, 15) is 4.79 Å². The van der Waals surface area contributed by atoms with Gasteiger partial charge in [0.1, 0.15) is 10.7 Å². The summed E-state index contributed by atoms with van der Waals surface area (Å²) in [5.41, 5.74) is 1.60. The van der Waals surface area contributed by atoms with Crippen LogP contribution in [-0.2, 0) is 4.74 Å². The fraction of sp³-hybridized carbons (Fsp3) is 0.154. The van der Waals surface area contributed by atoms with Crippen molar-refractivity contribution in [2.45, 2.75) is 0 Å². The van der Waals surface area contributed by atoms with Gasteiger partial charge < -0.3 is 9.47 Å². The van der Waals surface area contributed by atoms with Crippen molar-refractivity contribution in [3.63, 3.8) is 0 Å². The van der Waals surface area contributed by atoms with Crippen molar-refractivity contribution < 1.29 is 14.3 Å². The van der Waals surface area contributed by atoms with Crippen LogP contribution in [-0.4, -0.2) is 30.2 Å². The van der Waals surface area contributed by atoms with Crippen molar-refractivity contribution in [3.8, 4) is 16.9 Å². The number of nitrogens with zero attached hydrogens (tertiary/aromatic N) is 2. The van der Waals surface area contributed by atoms with Crippen LogP contribution in [0.4, 0.5) is 0 Å². The molecule has 0 atom stereocenters. The number of carbonyl (C=O) groups excluding carboxylic acids is 1. The zero-order valence-electron chi connectivity index (χ0n) is 10.4. The number of halogens is 1. The van der Waals surface area contributed by atoms with Crippen LogP contribution in [0.3, 0.4) is 0 Å². The van der Waals surface area contributed by atoms with Gasteiger partial charge in [-0.1, -0.05) is 11.6 Å². The Morgan fingerprint density at radius 3 is 2.74 bits per heavy atom. The van der Waals surface area contributed by atoms with Crippen LogP contribution in [0, 0.1) is 0 Å². The number of carbonyl (C=O) groups is 1. The van der Waals surface area contributed by atoms with E-state index >= 15 is 0 Å². The third-order valence-electron chi connectivity index (χ3n) is 2.56. The Morgan fingerprint density at radius 1 is 1.32 bits per heavy atom. The van der Waals surface area contributed by atoms with E-state index in [2.05, 4.69) is 9.97 Å². The fourth-order valence-corrected chi connectivity index (χ4v) is 1.87. The highest BCUT2D eigenvalue weighted by atomic mass is 35.5. The summed E-state index contributed by atoms with van der Waals surface area (Å²) in [6.07, 6.45) is 4.57. The number of methoxy groups -OCH3 is 2. The third-order valence-corrected chi connectivity index (χ3v) is 2.76. The second kappa shape index (κ2) is 5.67. The molecule has 0 bridgehead atoms. The van der Waals surface area contributed by atoms with Gasteiger partial charge in [0.15, 0.2) is 5.75 Å². The first kappa shape index (κ1) is 13.3. The smallest absolute Gasteiger partial charge is 0.342 e. The van der Waals surface area contributed by atoms with Crippen LogP contribution in [0.25, 0.3) is 11.1 Å². The van der Waals surface area contributed by atoms with Crippen molar-refractivity contribution >= 4 is 17.6 Å². The molecule has 6 heteroatoms. The number of hydrogen-bond donors (Lipinski definition) is 0. The Bertz CT molecular complexity index is 617. The maximum absolute atomic E-state index is 11.9. The van der Waals surface area contributed by atoms with Gasteiger partial charge in [-0.25, -0.2) is 9.78 Å². The molecule has 5 nitrogen and oxygen atoms in total. The highest BCUT2D eigenvalue weighted by Gasteiger charge is 2.19. The van der Waals surface area contributed by atoms with Crippen LogP contribution in [0.15, 0.2) is 30.7 Å². The summed E-state index contributed by atoms with van der Waals surface area (Å²) in [4.78, 5) is 19.8. The monoisotopic (exact) mass is 278 g/mol. The maximum Gasteiger partial charge on any atom is 0.342 e. The quantitative estimate of drug-likeness (QED) is 0.638. The van der Waals surface area contributed by atoms with Gasteiger partial charge in [-0.05, 0) is 17.7 Å². The van der Waals surface area contributed by atoms with Crippen molar-refractivity contribution in [1.82, 2.24) is 9.97 Å². The predicted octanol–water partition coefficient (Wildman–Crippen LogP) is 2.59. The Hall–Kier alpha value is -2.14. The van der Waals surface area contributed by atoms with Crippen molar-refractivity contribution in [3.05, 3.63) is 41.4 Å². The van der Waals surface area contributed by atoms with E-state index in [4.69, 9.17) is 21.1 Å². The fourth-order valence-electron chi connectivity index (χ4n) is 1.70. The topological polar surface area (TPSA) is 61.3 Å². The first-order valence-corrected chi connectivity index (χ1v) is 5.77. The lowest BCUT2D eigenvalue weighted by Gasteiger charge is -2.11. The zero-order valence-corrected chi connectivity index (χ0v) is 11.1. The highest BCUT2D eigenvalue weighted by molar-refractivity contribution is 6.29.